The number of aryl methyl sites for hydroxylation is 1. The van der Waals surface area contributed by atoms with Crippen LogP contribution in [0.4, 0.5) is 11.4 Å². The van der Waals surface area contributed by atoms with E-state index in [-0.39, 0.29) is 10.6 Å². The second kappa shape index (κ2) is 6.02. The third-order valence-corrected chi connectivity index (χ3v) is 3.81. The van der Waals surface area contributed by atoms with E-state index in [2.05, 4.69) is 16.7 Å². The Balaban J connectivity index is 2.18. The van der Waals surface area contributed by atoms with Crippen molar-refractivity contribution >= 4 is 11.4 Å². The Hall–Kier alpha value is -1.62. The lowest BCUT2D eigenvalue weighted by Gasteiger charge is -2.36. The van der Waals surface area contributed by atoms with E-state index < -0.39 is 0 Å². The highest BCUT2D eigenvalue weighted by molar-refractivity contribution is 5.58. The summed E-state index contributed by atoms with van der Waals surface area (Å²) in [6.45, 7) is 9.45. The van der Waals surface area contributed by atoms with Crippen molar-refractivity contribution in [2.24, 2.45) is 0 Å². The van der Waals surface area contributed by atoms with Gasteiger partial charge >= 0.3 is 0 Å². The average molecular weight is 263 g/mol. The van der Waals surface area contributed by atoms with Crippen LogP contribution in [0.2, 0.25) is 0 Å². The Bertz CT molecular complexity index is 454. The quantitative estimate of drug-likeness (QED) is 0.618. The molecule has 1 saturated heterocycles. The number of piperazine rings is 1. The van der Waals surface area contributed by atoms with Gasteiger partial charge in [-0.2, -0.15) is 0 Å². The van der Waals surface area contributed by atoms with Gasteiger partial charge in [0.05, 0.1) is 4.92 Å². The summed E-state index contributed by atoms with van der Waals surface area (Å²) in [4.78, 5) is 15.3. The Morgan fingerprint density at radius 3 is 2.42 bits per heavy atom. The molecular weight excluding hydrogens is 242 g/mol. The molecule has 5 nitrogen and oxygen atoms in total. The number of hydrogen-bond donors (Lipinski definition) is 0. The molecule has 0 radical (unpaired) electrons. The predicted molar refractivity (Wildman–Crippen MR) is 76.8 cm³/mol. The van der Waals surface area contributed by atoms with Crippen molar-refractivity contribution in [2.75, 3.05) is 37.6 Å². The van der Waals surface area contributed by atoms with Gasteiger partial charge in [-0.25, -0.2) is 0 Å². The lowest BCUT2D eigenvalue weighted by molar-refractivity contribution is -0.384. The van der Waals surface area contributed by atoms with Gasteiger partial charge in [-0.05, 0) is 24.6 Å². The number of nitro benzene ring substituents is 1. The maximum atomic E-state index is 10.8. The zero-order chi connectivity index (χ0) is 13.8. The molecular formula is C14H21N3O2. The maximum Gasteiger partial charge on any atom is 0.269 e. The molecule has 0 spiro atoms. The molecule has 0 amide bonds. The van der Waals surface area contributed by atoms with Gasteiger partial charge in [0.25, 0.3) is 5.69 Å². The van der Waals surface area contributed by atoms with E-state index in [0.29, 0.717) is 0 Å². The van der Waals surface area contributed by atoms with Crippen LogP contribution in [0.25, 0.3) is 0 Å². The molecule has 0 N–H and O–H groups in total. The number of hydrogen-bond acceptors (Lipinski definition) is 4. The standard InChI is InChI=1S/C14H21N3O2/c1-3-12-11-13(17(18)19)5-6-14(12)16-9-7-15(4-2)8-10-16/h5-6,11H,3-4,7-10H2,1-2H3. The average Bonchev–Trinajstić information content (AvgIpc) is 2.46. The molecule has 0 saturated carbocycles. The molecule has 1 aromatic rings. The van der Waals surface area contributed by atoms with Gasteiger partial charge in [-0.3, -0.25) is 10.1 Å². The monoisotopic (exact) mass is 263 g/mol. The first-order valence-corrected chi connectivity index (χ1v) is 6.90. The lowest BCUT2D eigenvalue weighted by atomic mass is 10.1. The summed E-state index contributed by atoms with van der Waals surface area (Å²) in [6, 6.07) is 5.22. The van der Waals surface area contributed by atoms with Gasteiger partial charge in [0.2, 0.25) is 0 Å². The molecule has 5 heteroatoms. The molecule has 0 aliphatic carbocycles. The van der Waals surface area contributed by atoms with Gasteiger partial charge in [-0.1, -0.05) is 13.8 Å². The molecule has 0 aromatic heterocycles. The van der Waals surface area contributed by atoms with E-state index >= 15 is 0 Å². The topological polar surface area (TPSA) is 49.6 Å². The molecule has 1 fully saturated rings. The molecule has 19 heavy (non-hydrogen) atoms. The van der Waals surface area contributed by atoms with E-state index in [9.17, 15) is 10.1 Å². The predicted octanol–water partition coefficient (Wildman–Crippen LogP) is 2.30. The molecule has 1 aliphatic heterocycles. The van der Waals surface area contributed by atoms with Crippen molar-refractivity contribution < 1.29 is 4.92 Å². The Kier molecular flexibility index (Phi) is 4.37. The third kappa shape index (κ3) is 3.04. The van der Waals surface area contributed by atoms with E-state index in [4.69, 9.17) is 0 Å². The first-order valence-electron chi connectivity index (χ1n) is 6.90. The van der Waals surface area contributed by atoms with E-state index in [1.165, 1.54) is 0 Å². The summed E-state index contributed by atoms with van der Waals surface area (Å²) in [5, 5.41) is 10.8. The van der Waals surface area contributed by atoms with Crippen molar-refractivity contribution in [2.45, 2.75) is 20.3 Å². The second-order valence-corrected chi connectivity index (χ2v) is 4.84. The van der Waals surface area contributed by atoms with E-state index in [0.717, 1.165) is 50.4 Å². The Morgan fingerprint density at radius 2 is 1.89 bits per heavy atom. The highest BCUT2D eigenvalue weighted by Crippen LogP contribution is 2.26. The molecule has 1 aliphatic rings. The third-order valence-electron chi connectivity index (χ3n) is 3.81. The van der Waals surface area contributed by atoms with Crippen molar-refractivity contribution in [3.63, 3.8) is 0 Å². The number of nitro groups is 1. The van der Waals surface area contributed by atoms with E-state index in [1.54, 1.807) is 12.1 Å². The minimum atomic E-state index is -0.321. The summed E-state index contributed by atoms with van der Waals surface area (Å²) in [6.07, 6.45) is 0.824. The van der Waals surface area contributed by atoms with Crippen molar-refractivity contribution in [1.82, 2.24) is 4.90 Å². The smallest absolute Gasteiger partial charge is 0.269 e. The number of benzene rings is 1. The first kappa shape index (κ1) is 13.8. The molecule has 0 atom stereocenters. The molecule has 0 bridgehead atoms. The van der Waals surface area contributed by atoms with Gasteiger partial charge in [-0.15, -0.1) is 0 Å². The fourth-order valence-electron chi connectivity index (χ4n) is 2.58. The van der Waals surface area contributed by atoms with E-state index in [1.807, 2.05) is 13.0 Å². The van der Waals surface area contributed by atoms with Gasteiger partial charge in [0.15, 0.2) is 0 Å². The SMILES string of the molecule is CCc1cc([N+](=O)[O-])ccc1N1CCN(CC)CC1. The van der Waals surface area contributed by atoms with Crippen molar-refractivity contribution in [1.29, 1.82) is 0 Å². The second-order valence-electron chi connectivity index (χ2n) is 4.84. The number of likely N-dealkylation sites (N-methyl/N-ethyl adjacent to an activating group) is 1. The first-order chi connectivity index (χ1) is 9.15. The van der Waals surface area contributed by atoms with Gasteiger partial charge in [0.1, 0.15) is 0 Å². The van der Waals surface area contributed by atoms with Crippen LogP contribution in [0, 0.1) is 10.1 Å². The van der Waals surface area contributed by atoms with Crippen LogP contribution in [0.1, 0.15) is 19.4 Å². The highest BCUT2D eigenvalue weighted by atomic mass is 16.6. The Labute approximate surface area is 114 Å². The molecule has 1 aromatic carbocycles. The van der Waals surface area contributed by atoms with Gasteiger partial charge in [0, 0.05) is 44.0 Å². The van der Waals surface area contributed by atoms with Crippen LogP contribution in [0.15, 0.2) is 18.2 Å². The number of nitrogens with zero attached hydrogens (tertiary/aromatic N) is 3. The number of rotatable bonds is 4. The summed E-state index contributed by atoms with van der Waals surface area (Å²) >= 11 is 0. The molecule has 0 unspecified atom stereocenters. The van der Waals surface area contributed by atoms with Crippen LogP contribution in [-0.4, -0.2) is 42.5 Å². The zero-order valence-electron chi connectivity index (χ0n) is 11.6. The largest absolute Gasteiger partial charge is 0.369 e. The Morgan fingerprint density at radius 1 is 1.21 bits per heavy atom. The van der Waals surface area contributed by atoms with Crippen LogP contribution in [0.3, 0.4) is 0 Å². The summed E-state index contributed by atoms with van der Waals surface area (Å²) in [7, 11) is 0. The minimum absolute atomic E-state index is 0.188. The van der Waals surface area contributed by atoms with Crippen LogP contribution < -0.4 is 4.90 Å². The minimum Gasteiger partial charge on any atom is -0.369 e. The van der Waals surface area contributed by atoms with Crippen LogP contribution in [0.5, 0.6) is 0 Å². The summed E-state index contributed by atoms with van der Waals surface area (Å²) in [5.41, 5.74) is 2.41. The fraction of sp³-hybridized carbons (Fsp3) is 0.571. The summed E-state index contributed by atoms with van der Waals surface area (Å²) < 4.78 is 0. The van der Waals surface area contributed by atoms with Crippen LogP contribution in [-0.2, 0) is 6.42 Å². The maximum absolute atomic E-state index is 10.8. The normalized spacial score (nSPS) is 16.6. The fourth-order valence-corrected chi connectivity index (χ4v) is 2.58. The highest BCUT2D eigenvalue weighted by Gasteiger charge is 2.19. The lowest BCUT2D eigenvalue weighted by Crippen LogP contribution is -2.46. The molecule has 2 rings (SSSR count). The van der Waals surface area contributed by atoms with Gasteiger partial charge < -0.3 is 9.80 Å². The number of anilines is 1. The summed E-state index contributed by atoms with van der Waals surface area (Å²) in [5.74, 6) is 0. The van der Waals surface area contributed by atoms with Crippen molar-refractivity contribution in [3.05, 3.63) is 33.9 Å². The molecule has 104 valence electrons. The van der Waals surface area contributed by atoms with Crippen LogP contribution >= 0.6 is 0 Å². The van der Waals surface area contributed by atoms with Crippen molar-refractivity contribution in [3.8, 4) is 0 Å². The molecule has 1 heterocycles. The zero-order valence-corrected chi connectivity index (χ0v) is 11.6. The number of non-ortho nitro benzene ring substituents is 1.